The number of nitrogens with one attached hydrogen (secondary N) is 1. The van der Waals surface area contributed by atoms with Gasteiger partial charge in [0.15, 0.2) is 0 Å². The highest BCUT2D eigenvalue weighted by molar-refractivity contribution is 5.81. The van der Waals surface area contributed by atoms with Gasteiger partial charge >= 0.3 is 6.18 Å². The second-order valence-corrected chi connectivity index (χ2v) is 8.71. The number of pyridine rings is 1. The number of alkyl halides is 3. The van der Waals surface area contributed by atoms with Gasteiger partial charge in [-0.05, 0) is 47.4 Å². The van der Waals surface area contributed by atoms with Crippen molar-refractivity contribution < 1.29 is 13.2 Å². The molecular weight excluding hydrogens is 463 g/mol. The largest absolute Gasteiger partial charge is 0.416 e. The number of anilines is 1. The molecule has 0 spiro atoms. The van der Waals surface area contributed by atoms with Crippen LogP contribution >= 0.6 is 0 Å². The maximum atomic E-state index is 13.2. The van der Waals surface area contributed by atoms with Crippen molar-refractivity contribution in [3.8, 4) is 22.4 Å². The molecule has 2 aromatic heterocycles. The maximum Gasteiger partial charge on any atom is 0.416 e. The lowest BCUT2D eigenvalue weighted by atomic mass is 9.99. The zero-order valence-electron chi connectivity index (χ0n) is 20.5. The number of hydrogen-bond donors (Lipinski definition) is 2. The number of nitrogens with two attached hydrogens (primary N) is 1. The highest BCUT2D eigenvalue weighted by Crippen LogP contribution is 2.35. The van der Waals surface area contributed by atoms with Crippen LogP contribution in [-0.4, -0.2) is 27.5 Å². The van der Waals surface area contributed by atoms with Crippen molar-refractivity contribution in [2.75, 3.05) is 11.9 Å². The van der Waals surface area contributed by atoms with Crippen molar-refractivity contribution in [2.45, 2.75) is 38.9 Å². The Morgan fingerprint density at radius 1 is 0.889 bits per heavy atom. The monoisotopic (exact) mass is 493 g/mol. The third-order valence-corrected chi connectivity index (χ3v) is 5.18. The minimum Gasteiger partial charge on any atom is -0.354 e. The zero-order valence-corrected chi connectivity index (χ0v) is 20.5. The Bertz CT molecular complexity index is 1230. The number of hydrogen-bond acceptors (Lipinski definition) is 5. The molecule has 1 unspecified atom stereocenters. The fourth-order valence-corrected chi connectivity index (χ4v) is 3.41. The minimum absolute atomic E-state index is 0.229. The topological polar surface area (TPSA) is 76.7 Å². The summed E-state index contributed by atoms with van der Waals surface area (Å²) in [7, 11) is 0. The first-order chi connectivity index (χ1) is 17.1. The lowest BCUT2D eigenvalue weighted by Crippen LogP contribution is -2.12. The minimum atomic E-state index is -4.43. The van der Waals surface area contributed by atoms with Crippen LogP contribution in [0.15, 0.2) is 85.3 Å². The Hall–Kier alpha value is -3.78. The summed E-state index contributed by atoms with van der Waals surface area (Å²) in [6.07, 6.45) is 0.381. The van der Waals surface area contributed by atoms with Crippen molar-refractivity contribution >= 4 is 5.95 Å². The van der Waals surface area contributed by atoms with E-state index in [1.807, 2.05) is 32.0 Å². The first-order valence-corrected chi connectivity index (χ1v) is 11.6. The quantitative estimate of drug-likeness (QED) is 0.309. The summed E-state index contributed by atoms with van der Waals surface area (Å²) in [4.78, 5) is 13.1. The lowest BCUT2D eigenvalue weighted by molar-refractivity contribution is -0.137. The van der Waals surface area contributed by atoms with E-state index in [1.165, 1.54) is 11.6 Å². The van der Waals surface area contributed by atoms with Crippen LogP contribution in [0.25, 0.3) is 22.4 Å². The number of aromatic nitrogens is 3. The van der Waals surface area contributed by atoms with Crippen molar-refractivity contribution in [3.05, 3.63) is 96.4 Å². The molecule has 188 valence electrons. The molecule has 4 rings (SSSR count). The van der Waals surface area contributed by atoms with Crippen LogP contribution in [0.1, 0.15) is 37.8 Å². The number of nitrogens with zero attached hydrogens (tertiary/aromatic N) is 3. The zero-order chi connectivity index (χ0) is 26.1. The summed E-state index contributed by atoms with van der Waals surface area (Å²) in [5.74, 6) is 0.641. The van der Waals surface area contributed by atoms with E-state index >= 15 is 0 Å². The average Bonchev–Trinajstić information content (AvgIpc) is 2.87. The molecular formula is C28H30F3N5. The second kappa shape index (κ2) is 12.3. The number of halogens is 3. The van der Waals surface area contributed by atoms with Crippen molar-refractivity contribution in [1.82, 2.24) is 15.0 Å². The molecule has 0 aliphatic heterocycles. The summed E-state index contributed by atoms with van der Waals surface area (Å²) in [5.41, 5.74) is 7.79. The van der Waals surface area contributed by atoms with Gasteiger partial charge < -0.3 is 11.1 Å². The Labute approximate surface area is 209 Å². The Morgan fingerprint density at radius 3 is 2.19 bits per heavy atom. The Morgan fingerprint density at radius 2 is 1.56 bits per heavy atom. The molecule has 0 amide bonds. The van der Waals surface area contributed by atoms with E-state index in [2.05, 4.69) is 39.3 Å². The summed E-state index contributed by atoms with van der Waals surface area (Å²) in [6.45, 7) is 6.60. The molecule has 0 aliphatic rings. The summed E-state index contributed by atoms with van der Waals surface area (Å²) in [5, 5.41) is 3.25. The van der Waals surface area contributed by atoms with Gasteiger partial charge in [0.05, 0.1) is 11.3 Å². The highest BCUT2D eigenvalue weighted by atomic mass is 19.4. The molecule has 36 heavy (non-hydrogen) atoms. The van der Waals surface area contributed by atoms with E-state index in [1.54, 1.807) is 36.8 Å². The maximum absolute atomic E-state index is 13.2. The molecule has 5 nitrogen and oxygen atoms in total. The van der Waals surface area contributed by atoms with Gasteiger partial charge in [-0.2, -0.15) is 13.2 Å². The standard InChI is InChI=1S/C25H21F3N4.C3H9N/c1-17(18-6-3-2-4-7-18)15-30-24-31-16-22(23(32-24)19-10-12-29-13-11-19)20-8-5-9-21(14-20)25(26,27)28;1-3(2)4/h2-14,16-17H,15H2,1H3,(H,30,31,32);3H,4H2,1-2H3. The predicted molar refractivity (Wildman–Crippen MR) is 138 cm³/mol. The van der Waals surface area contributed by atoms with Crippen LogP contribution in [0.4, 0.5) is 19.1 Å². The van der Waals surface area contributed by atoms with Crippen LogP contribution in [-0.2, 0) is 6.18 Å². The predicted octanol–water partition coefficient (Wildman–Crippen LogP) is 6.79. The van der Waals surface area contributed by atoms with E-state index in [0.29, 0.717) is 35.4 Å². The molecule has 0 aliphatic carbocycles. The van der Waals surface area contributed by atoms with Gasteiger partial charge in [-0.3, -0.25) is 4.98 Å². The van der Waals surface area contributed by atoms with Crippen LogP contribution in [0.2, 0.25) is 0 Å². The van der Waals surface area contributed by atoms with Crippen molar-refractivity contribution in [3.63, 3.8) is 0 Å². The fourth-order valence-electron chi connectivity index (χ4n) is 3.41. The molecule has 8 heteroatoms. The normalized spacial score (nSPS) is 12.0. The van der Waals surface area contributed by atoms with E-state index in [9.17, 15) is 13.2 Å². The molecule has 0 saturated heterocycles. The fraction of sp³-hybridized carbons (Fsp3) is 0.250. The van der Waals surface area contributed by atoms with E-state index in [-0.39, 0.29) is 5.92 Å². The summed E-state index contributed by atoms with van der Waals surface area (Å²) in [6, 6.07) is 19.2. The van der Waals surface area contributed by atoms with Gasteiger partial charge in [0, 0.05) is 36.3 Å². The third-order valence-electron chi connectivity index (χ3n) is 5.18. The first-order valence-electron chi connectivity index (χ1n) is 11.6. The third kappa shape index (κ3) is 7.61. The van der Waals surface area contributed by atoms with E-state index in [4.69, 9.17) is 5.73 Å². The van der Waals surface area contributed by atoms with Gasteiger partial charge in [0.25, 0.3) is 0 Å². The molecule has 0 radical (unpaired) electrons. The number of benzene rings is 2. The van der Waals surface area contributed by atoms with Crippen LogP contribution in [0.5, 0.6) is 0 Å². The van der Waals surface area contributed by atoms with Crippen molar-refractivity contribution in [2.24, 2.45) is 5.73 Å². The molecule has 4 aromatic rings. The average molecular weight is 494 g/mol. The van der Waals surface area contributed by atoms with E-state index < -0.39 is 11.7 Å². The lowest BCUT2D eigenvalue weighted by Gasteiger charge is -2.15. The molecule has 2 heterocycles. The summed E-state index contributed by atoms with van der Waals surface area (Å²) >= 11 is 0. The molecule has 0 fully saturated rings. The first kappa shape index (κ1) is 26.8. The van der Waals surface area contributed by atoms with Gasteiger partial charge in [0.1, 0.15) is 0 Å². The molecule has 2 aromatic carbocycles. The summed E-state index contributed by atoms with van der Waals surface area (Å²) < 4.78 is 39.7. The smallest absolute Gasteiger partial charge is 0.354 e. The van der Waals surface area contributed by atoms with Gasteiger partial charge in [0.2, 0.25) is 5.95 Å². The van der Waals surface area contributed by atoms with Crippen LogP contribution in [0.3, 0.4) is 0 Å². The number of rotatable bonds is 6. The molecule has 3 N–H and O–H groups in total. The second-order valence-electron chi connectivity index (χ2n) is 8.71. The van der Waals surface area contributed by atoms with E-state index in [0.717, 1.165) is 17.7 Å². The van der Waals surface area contributed by atoms with Crippen LogP contribution in [0, 0.1) is 0 Å². The molecule has 0 bridgehead atoms. The highest BCUT2D eigenvalue weighted by Gasteiger charge is 2.30. The van der Waals surface area contributed by atoms with Gasteiger partial charge in [-0.15, -0.1) is 0 Å². The van der Waals surface area contributed by atoms with Gasteiger partial charge in [-0.25, -0.2) is 9.97 Å². The molecule has 1 atom stereocenters. The molecule has 0 saturated carbocycles. The Balaban J connectivity index is 0.000000840. The van der Waals surface area contributed by atoms with Gasteiger partial charge in [-0.1, -0.05) is 63.2 Å². The van der Waals surface area contributed by atoms with Crippen LogP contribution < -0.4 is 11.1 Å². The van der Waals surface area contributed by atoms with Crippen molar-refractivity contribution in [1.29, 1.82) is 0 Å². The SMILES string of the molecule is CC(C)N.CC(CNc1ncc(-c2cccc(C(F)(F)F)c2)c(-c2ccncc2)n1)c1ccccc1. The Kier molecular flexibility index (Phi) is 9.13.